The minimum atomic E-state index is 0.313. The van der Waals surface area contributed by atoms with Crippen molar-refractivity contribution >= 4 is 11.3 Å². The van der Waals surface area contributed by atoms with Gasteiger partial charge in [0.2, 0.25) is 0 Å². The van der Waals surface area contributed by atoms with Crippen LogP contribution < -0.4 is 5.32 Å². The first-order valence-electron chi connectivity index (χ1n) is 7.69. The molecule has 0 saturated carbocycles. The molecule has 0 saturated heterocycles. The van der Waals surface area contributed by atoms with Gasteiger partial charge in [0.1, 0.15) is 0 Å². The van der Waals surface area contributed by atoms with Gasteiger partial charge in [-0.15, -0.1) is 11.3 Å². The quantitative estimate of drug-likeness (QED) is 0.754. The molecule has 0 aliphatic heterocycles. The van der Waals surface area contributed by atoms with E-state index in [1.807, 2.05) is 11.3 Å². The molecule has 1 N–H and O–H groups in total. The summed E-state index contributed by atoms with van der Waals surface area (Å²) in [5, 5.41) is 3.77. The van der Waals surface area contributed by atoms with Crippen molar-refractivity contribution in [3.05, 3.63) is 57.3 Å². The second kappa shape index (κ2) is 6.76. The fourth-order valence-corrected chi connectivity index (χ4v) is 3.64. The van der Waals surface area contributed by atoms with Gasteiger partial charge in [0, 0.05) is 22.3 Å². The highest BCUT2D eigenvalue weighted by molar-refractivity contribution is 7.12. The predicted molar refractivity (Wildman–Crippen MR) is 93.9 cm³/mol. The molecule has 1 aromatic heterocycles. The molecule has 0 fully saturated rings. The average molecular weight is 301 g/mol. The van der Waals surface area contributed by atoms with E-state index in [-0.39, 0.29) is 0 Å². The van der Waals surface area contributed by atoms with E-state index in [9.17, 15) is 0 Å². The van der Waals surface area contributed by atoms with E-state index in [1.165, 1.54) is 20.9 Å². The van der Waals surface area contributed by atoms with E-state index in [2.05, 4.69) is 76.3 Å². The summed E-state index contributed by atoms with van der Waals surface area (Å²) in [6, 6.07) is 13.5. The highest BCUT2D eigenvalue weighted by atomic mass is 32.1. The summed E-state index contributed by atoms with van der Waals surface area (Å²) < 4.78 is 0. The van der Waals surface area contributed by atoms with Gasteiger partial charge in [0.05, 0.1) is 0 Å². The van der Waals surface area contributed by atoms with E-state index in [1.54, 1.807) is 0 Å². The molecule has 0 amide bonds. The molecular weight excluding hydrogens is 274 g/mol. The van der Waals surface area contributed by atoms with Crippen LogP contribution in [0.25, 0.3) is 0 Å². The second-order valence-corrected chi connectivity index (χ2v) is 8.51. The molecule has 1 atom stereocenters. The zero-order valence-corrected chi connectivity index (χ0v) is 14.7. The lowest BCUT2D eigenvalue weighted by atomic mass is 9.85. The van der Waals surface area contributed by atoms with Crippen molar-refractivity contribution in [1.29, 1.82) is 0 Å². The Labute approximate surface area is 133 Å². The molecule has 114 valence electrons. The maximum absolute atomic E-state index is 3.77. The molecule has 1 aromatic carbocycles. The first kappa shape index (κ1) is 16.3. The zero-order chi connectivity index (χ0) is 15.5. The van der Waals surface area contributed by atoms with Crippen molar-refractivity contribution in [3.8, 4) is 0 Å². The SMILES string of the molecule is Cc1cc(CNC(CC(C)(C)C)c2ccccc2)c(C)s1. The number of aryl methyl sites for hydroxylation is 2. The summed E-state index contributed by atoms with van der Waals surface area (Å²) in [5.74, 6) is 0. The second-order valence-electron chi connectivity index (χ2n) is 7.05. The van der Waals surface area contributed by atoms with E-state index >= 15 is 0 Å². The molecule has 1 nitrogen and oxygen atoms in total. The number of benzene rings is 1. The number of hydrogen-bond acceptors (Lipinski definition) is 2. The summed E-state index contributed by atoms with van der Waals surface area (Å²) >= 11 is 1.89. The van der Waals surface area contributed by atoms with E-state index in [0.29, 0.717) is 11.5 Å². The molecule has 0 spiro atoms. The van der Waals surface area contributed by atoms with Crippen LogP contribution in [0.2, 0.25) is 0 Å². The fourth-order valence-electron chi connectivity index (χ4n) is 2.70. The van der Waals surface area contributed by atoms with Crippen molar-refractivity contribution < 1.29 is 0 Å². The van der Waals surface area contributed by atoms with Gasteiger partial charge in [-0.25, -0.2) is 0 Å². The molecule has 2 rings (SSSR count). The number of nitrogens with one attached hydrogen (secondary N) is 1. The minimum absolute atomic E-state index is 0.313. The minimum Gasteiger partial charge on any atom is -0.306 e. The van der Waals surface area contributed by atoms with Crippen LogP contribution in [0, 0.1) is 19.3 Å². The molecule has 0 bridgehead atoms. The first-order valence-corrected chi connectivity index (χ1v) is 8.51. The number of hydrogen-bond donors (Lipinski definition) is 1. The zero-order valence-electron chi connectivity index (χ0n) is 13.9. The van der Waals surface area contributed by atoms with Gasteiger partial charge in [-0.3, -0.25) is 0 Å². The fraction of sp³-hybridized carbons (Fsp3) is 0.474. The number of thiophene rings is 1. The molecular formula is C19H27NS. The first-order chi connectivity index (χ1) is 9.85. The third-order valence-electron chi connectivity index (χ3n) is 3.70. The molecule has 21 heavy (non-hydrogen) atoms. The van der Waals surface area contributed by atoms with Crippen molar-refractivity contribution in [2.75, 3.05) is 0 Å². The number of rotatable bonds is 5. The lowest BCUT2D eigenvalue weighted by Crippen LogP contribution is -2.25. The predicted octanol–water partition coefficient (Wildman–Crippen LogP) is 5.63. The molecule has 2 aromatic rings. The van der Waals surface area contributed by atoms with Crippen LogP contribution in [0.5, 0.6) is 0 Å². The Hall–Kier alpha value is -1.12. The van der Waals surface area contributed by atoms with E-state index < -0.39 is 0 Å². The van der Waals surface area contributed by atoms with Crippen LogP contribution >= 0.6 is 11.3 Å². The monoisotopic (exact) mass is 301 g/mol. The largest absolute Gasteiger partial charge is 0.306 e. The summed E-state index contributed by atoms with van der Waals surface area (Å²) in [6.07, 6.45) is 1.14. The van der Waals surface area contributed by atoms with Crippen LogP contribution in [0.1, 0.15) is 54.1 Å². The van der Waals surface area contributed by atoms with Gasteiger partial charge in [-0.1, -0.05) is 51.1 Å². The Kier molecular flexibility index (Phi) is 5.23. The van der Waals surface area contributed by atoms with Crippen LogP contribution in [0.3, 0.4) is 0 Å². The maximum atomic E-state index is 3.77. The Morgan fingerprint density at radius 3 is 2.29 bits per heavy atom. The Morgan fingerprint density at radius 1 is 1.10 bits per heavy atom. The summed E-state index contributed by atoms with van der Waals surface area (Å²) in [7, 11) is 0. The van der Waals surface area contributed by atoms with Crippen LogP contribution in [-0.4, -0.2) is 0 Å². The normalized spacial score (nSPS) is 13.4. The molecule has 0 aliphatic carbocycles. The standard InChI is InChI=1S/C19H27NS/c1-14-11-17(15(2)21-14)13-20-18(12-19(3,4)5)16-9-7-6-8-10-16/h6-11,18,20H,12-13H2,1-5H3. The van der Waals surface area contributed by atoms with Crippen LogP contribution in [0.4, 0.5) is 0 Å². The van der Waals surface area contributed by atoms with Gasteiger partial charge in [0.25, 0.3) is 0 Å². The topological polar surface area (TPSA) is 12.0 Å². The molecule has 1 heterocycles. The van der Waals surface area contributed by atoms with E-state index in [4.69, 9.17) is 0 Å². The third-order valence-corrected chi connectivity index (χ3v) is 4.71. The molecule has 0 aliphatic rings. The molecule has 2 heteroatoms. The van der Waals surface area contributed by atoms with E-state index in [0.717, 1.165) is 13.0 Å². The van der Waals surface area contributed by atoms with Gasteiger partial charge in [0.15, 0.2) is 0 Å². The van der Waals surface area contributed by atoms with Gasteiger partial charge >= 0.3 is 0 Å². The molecule has 0 radical (unpaired) electrons. The van der Waals surface area contributed by atoms with Crippen LogP contribution in [0.15, 0.2) is 36.4 Å². The summed E-state index contributed by atoms with van der Waals surface area (Å²) in [6.45, 7) is 12.3. The smallest absolute Gasteiger partial charge is 0.0328 e. The van der Waals surface area contributed by atoms with Gasteiger partial charge in [-0.05, 0) is 42.9 Å². The Balaban J connectivity index is 2.11. The average Bonchev–Trinajstić information content (AvgIpc) is 2.73. The lowest BCUT2D eigenvalue weighted by molar-refractivity contribution is 0.310. The molecule has 1 unspecified atom stereocenters. The highest BCUT2D eigenvalue weighted by Crippen LogP contribution is 2.30. The van der Waals surface area contributed by atoms with Crippen LogP contribution in [-0.2, 0) is 6.54 Å². The van der Waals surface area contributed by atoms with Crippen molar-refractivity contribution in [1.82, 2.24) is 5.32 Å². The van der Waals surface area contributed by atoms with Crippen molar-refractivity contribution in [3.63, 3.8) is 0 Å². The summed E-state index contributed by atoms with van der Waals surface area (Å²) in [5.41, 5.74) is 3.14. The van der Waals surface area contributed by atoms with Gasteiger partial charge < -0.3 is 5.32 Å². The Morgan fingerprint density at radius 2 is 1.76 bits per heavy atom. The maximum Gasteiger partial charge on any atom is 0.0328 e. The third kappa shape index (κ3) is 4.98. The van der Waals surface area contributed by atoms with Crippen molar-refractivity contribution in [2.45, 2.75) is 53.6 Å². The van der Waals surface area contributed by atoms with Gasteiger partial charge in [-0.2, -0.15) is 0 Å². The lowest BCUT2D eigenvalue weighted by Gasteiger charge is -2.27. The highest BCUT2D eigenvalue weighted by Gasteiger charge is 2.20. The van der Waals surface area contributed by atoms with Crippen molar-refractivity contribution in [2.24, 2.45) is 5.41 Å². The Bertz CT molecular complexity index is 563. The summed E-state index contributed by atoms with van der Waals surface area (Å²) in [4.78, 5) is 2.83.